The van der Waals surface area contributed by atoms with Crippen molar-refractivity contribution in [3.05, 3.63) is 36.0 Å². The van der Waals surface area contributed by atoms with Gasteiger partial charge in [-0.25, -0.2) is 0 Å². The molecule has 0 radical (unpaired) electrons. The number of aromatic nitrogens is 1. The minimum Gasteiger partial charge on any atom is -0.508 e. The summed E-state index contributed by atoms with van der Waals surface area (Å²) in [5, 5.41) is 10.5. The molecule has 1 aromatic heterocycles. The lowest BCUT2D eigenvalue weighted by Gasteiger charge is -2.31. The number of carbonyl (C=O) groups is 1. The van der Waals surface area contributed by atoms with Crippen LogP contribution in [-0.4, -0.2) is 33.9 Å². The second-order valence-corrected chi connectivity index (χ2v) is 6.47. The van der Waals surface area contributed by atoms with Crippen LogP contribution >= 0.6 is 0 Å². The molecule has 1 fully saturated rings. The van der Waals surface area contributed by atoms with Gasteiger partial charge in [-0.1, -0.05) is 13.0 Å². The van der Waals surface area contributed by atoms with Gasteiger partial charge in [-0.15, -0.1) is 0 Å². The molecule has 1 unspecified atom stereocenters. The van der Waals surface area contributed by atoms with Gasteiger partial charge in [-0.2, -0.15) is 0 Å². The maximum absolute atomic E-state index is 12.1. The van der Waals surface area contributed by atoms with Crippen LogP contribution in [0.15, 0.2) is 30.3 Å². The van der Waals surface area contributed by atoms with E-state index in [1.54, 1.807) is 12.1 Å². The van der Waals surface area contributed by atoms with E-state index in [4.69, 9.17) is 0 Å². The molecule has 0 amide bonds. The van der Waals surface area contributed by atoms with Crippen molar-refractivity contribution in [3.8, 4) is 5.75 Å². The molecule has 0 aliphatic carbocycles. The van der Waals surface area contributed by atoms with E-state index < -0.39 is 0 Å². The maximum Gasteiger partial charge on any atom is 0.137 e. The van der Waals surface area contributed by atoms with Gasteiger partial charge >= 0.3 is 0 Å². The molecule has 1 aliphatic rings. The maximum atomic E-state index is 12.1. The predicted molar refractivity (Wildman–Crippen MR) is 91.3 cm³/mol. The summed E-state index contributed by atoms with van der Waals surface area (Å²) in [7, 11) is 0. The van der Waals surface area contributed by atoms with Crippen LogP contribution in [0.1, 0.15) is 38.3 Å². The molecular formula is C19H24N2O2. The minimum absolute atomic E-state index is 0.195. The second-order valence-electron chi connectivity index (χ2n) is 6.47. The number of ketones is 1. The normalized spacial score (nSPS) is 19.1. The number of pyridine rings is 1. The lowest BCUT2D eigenvalue weighted by molar-refractivity contribution is -0.124. The van der Waals surface area contributed by atoms with Crippen LogP contribution in [0.4, 0.5) is 0 Å². The standard InChI is InChI=1S/C19H24N2O2/c1-2-4-19(23)15-5-3-10-21(12-15)13-16-7-6-14-11-17(22)8-9-18(14)20-16/h6-9,11,15,22H,2-5,10,12-13H2,1H3. The molecule has 2 heterocycles. The molecule has 122 valence electrons. The van der Waals surface area contributed by atoms with Crippen LogP contribution in [0.25, 0.3) is 10.9 Å². The van der Waals surface area contributed by atoms with Crippen LogP contribution in [-0.2, 0) is 11.3 Å². The number of piperidine rings is 1. The van der Waals surface area contributed by atoms with Gasteiger partial charge < -0.3 is 5.11 Å². The smallest absolute Gasteiger partial charge is 0.137 e. The van der Waals surface area contributed by atoms with E-state index in [9.17, 15) is 9.90 Å². The van der Waals surface area contributed by atoms with E-state index in [2.05, 4.69) is 16.8 Å². The van der Waals surface area contributed by atoms with Gasteiger partial charge in [0.15, 0.2) is 0 Å². The number of carbonyl (C=O) groups excluding carboxylic acids is 1. The zero-order valence-electron chi connectivity index (χ0n) is 13.7. The Hall–Kier alpha value is -1.94. The largest absolute Gasteiger partial charge is 0.508 e. The third-order valence-corrected chi connectivity index (χ3v) is 4.57. The first-order valence-corrected chi connectivity index (χ1v) is 8.49. The van der Waals surface area contributed by atoms with Crippen molar-refractivity contribution in [2.75, 3.05) is 13.1 Å². The highest BCUT2D eigenvalue weighted by Crippen LogP contribution is 2.22. The number of fused-ring (bicyclic) bond motifs is 1. The van der Waals surface area contributed by atoms with Crippen LogP contribution in [0.5, 0.6) is 5.75 Å². The summed E-state index contributed by atoms with van der Waals surface area (Å²) in [5.74, 6) is 0.876. The van der Waals surface area contributed by atoms with Crippen molar-refractivity contribution >= 4 is 16.7 Å². The zero-order valence-corrected chi connectivity index (χ0v) is 13.7. The van der Waals surface area contributed by atoms with Crippen LogP contribution in [0, 0.1) is 5.92 Å². The SMILES string of the molecule is CCCC(=O)C1CCCN(Cc2ccc3cc(O)ccc3n2)C1. The number of aromatic hydroxyl groups is 1. The fourth-order valence-corrected chi connectivity index (χ4v) is 3.38. The quantitative estimate of drug-likeness (QED) is 0.918. The molecule has 3 rings (SSSR count). The molecular weight excluding hydrogens is 288 g/mol. The molecule has 0 saturated carbocycles. The monoisotopic (exact) mass is 312 g/mol. The second kappa shape index (κ2) is 7.09. The molecule has 1 atom stereocenters. The molecule has 23 heavy (non-hydrogen) atoms. The molecule has 1 aliphatic heterocycles. The van der Waals surface area contributed by atoms with Gasteiger partial charge in [0, 0.05) is 30.8 Å². The third-order valence-electron chi connectivity index (χ3n) is 4.57. The number of benzene rings is 1. The van der Waals surface area contributed by atoms with E-state index in [1.165, 1.54) is 0 Å². The average molecular weight is 312 g/mol. The Morgan fingerprint density at radius 2 is 2.22 bits per heavy atom. The summed E-state index contributed by atoms with van der Waals surface area (Å²) in [6.07, 6.45) is 3.76. The lowest BCUT2D eigenvalue weighted by atomic mass is 9.91. The molecule has 1 aromatic carbocycles. The fourth-order valence-electron chi connectivity index (χ4n) is 3.38. The first kappa shape index (κ1) is 15.9. The number of hydrogen-bond acceptors (Lipinski definition) is 4. The third kappa shape index (κ3) is 3.88. The van der Waals surface area contributed by atoms with Crippen molar-refractivity contribution in [2.24, 2.45) is 5.92 Å². The van der Waals surface area contributed by atoms with Gasteiger partial charge in [0.1, 0.15) is 11.5 Å². The highest BCUT2D eigenvalue weighted by Gasteiger charge is 2.25. The number of likely N-dealkylation sites (tertiary alicyclic amines) is 1. The van der Waals surface area contributed by atoms with Crippen molar-refractivity contribution in [2.45, 2.75) is 39.2 Å². The Morgan fingerprint density at radius 1 is 1.35 bits per heavy atom. The van der Waals surface area contributed by atoms with Crippen LogP contribution in [0.3, 0.4) is 0 Å². The van der Waals surface area contributed by atoms with Gasteiger partial charge in [0.2, 0.25) is 0 Å². The molecule has 2 aromatic rings. The van der Waals surface area contributed by atoms with Crippen molar-refractivity contribution in [1.82, 2.24) is 9.88 Å². The van der Waals surface area contributed by atoms with Crippen LogP contribution < -0.4 is 0 Å². The molecule has 1 N–H and O–H groups in total. The first-order chi connectivity index (χ1) is 11.2. The highest BCUT2D eigenvalue weighted by molar-refractivity contribution is 5.81. The Labute approximate surface area is 137 Å². The Kier molecular flexibility index (Phi) is 4.91. The van der Waals surface area contributed by atoms with Gasteiger partial charge in [-0.3, -0.25) is 14.7 Å². The lowest BCUT2D eigenvalue weighted by Crippen LogP contribution is -2.38. The number of rotatable bonds is 5. The van der Waals surface area contributed by atoms with E-state index in [1.807, 2.05) is 18.2 Å². The summed E-state index contributed by atoms with van der Waals surface area (Å²) in [4.78, 5) is 19.2. The number of phenolic OH excluding ortho intramolecular Hbond substituents is 1. The van der Waals surface area contributed by atoms with Gasteiger partial charge in [0.05, 0.1) is 11.2 Å². The summed E-state index contributed by atoms with van der Waals surface area (Å²) in [5.41, 5.74) is 1.92. The summed E-state index contributed by atoms with van der Waals surface area (Å²) in [6.45, 7) is 4.74. The number of nitrogens with zero attached hydrogens (tertiary/aromatic N) is 2. The topological polar surface area (TPSA) is 53.4 Å². The van der Waals surface area contributed by atoms with Gasteiger partial charge in [0.25, 0.3) is 0 Å². The molecule has 4 heteroatoms. The highest BCUT2D eigenvalue weighted by atomic mass is 16.3. The van der Waals surface area contributed by atoms with Crippen molar-refractivity contribution < 1.29 is 9.90 Å². The first-order valence-electron chi connectivity index (χ1n) is 8.49. The molecule has 4 nitrogen and oxygen atoms in total. The Morgan fingerprint density at radius 3 is 3.04 bits per heavy atom. The summed E-state index contributed by atoms with van der Waals surface area (Å²) in [6, 6.07) is 9.25. The summed E-state index contributed by atoms with van der Waals surface area (Å²) >= 11 is 0. The Balaban J connectivity index is 1.68. The number of Topliss-reactive ketones (excluding diaryl/α,β-unsaturated/α-hetero) is 1. The van der Waals surface area contributed by atoms with E-state index in [0.717, 1.165) is 55.5 Å². The van der Waals surface area contributed by atoms with E-state index in [0.29, 0.717) is 12.2 Å². The van der Waals surface area contributed by atoms with Crippen molar-refractivity contribution in [3.63, 3.8) is 0 Å². The minimum atomic E-state index is 0.195. The molecule has 0 spiro atoms. The zero-order chi connectivity index (χ0) is 16.2. The summed E-state index contributed by atoms with van der Waals surface area (Å²) < 4.78 is 0. The van der Waals surface area contributed by atoms with E-state index >= 15 is 0 Å². The van der Waals surface area contributed by atoms with E-state index in [-0.39, 0.29) is 11.7 Å². The van der Waals surface area contributed by atoms with Crippen LogP contribution in [0.2, 0.25) is 0 Å². The average Bonchev–Trinajstić information content (AvgIpc) is 2.55. The number of hydrogen-bond donors (Lipinski definition) is 1. The molecule has 1 saturated heterocycles. The molecule has 0 bridgehead atoms. The van der Waals surface area contributed by atoms with Gasteiger partial charge in [-0.05, 0) is 50.1 Å². The Bertz CT molecular complexity index is 699. The predicted octanol–water partition coefficient (Wildman–Crippen LogP) is 3.52. The fraction of sp³-hybridized carbons (Fsp3) is 0.474. The van der Waals surface area contributed by atoms with Crippen molar-refractivity contribution in [1.29, 1.82) is 0 Å². The number of phenols is 1.